The molecule has 5 atom stereocenters. The SMILES string of the molecule is CCCCOC1C(F)OC(COCCC)[C@H](OCCCC)C1OCCCC. The van der Waals surface area contributed by atoms with E-state index in [0.29, 0.717) is 33.0 Å². The van der Waals surface area contributed by atoms with Crippen molar-refractivity contribution in [2.24, 2.45) is 0 Å². The number of hydrogen-bond donors (Lipinski definition) is 0. The summed E-state index contributed by atoms with van der Waals surface area (Å²) in [6, 6.07) is 0. The highest BCUT2D eigenvalue weighted by atomic mass is 19.1. The van der Waals surface area contributed by atoms with Crippen LogP contribution < -0.4 is 0 Å². The van der Waals surface area contributed by atoms with Crippen LogP contribution in [0, 0.1) is 0 Å². The first-order valence-electron chi connectivity index (χ1n) is 10.9. The summed E-state index contributed by atoms with van der Waals surface area (Å²) in [7, 11) is 0. The van der Waals surface area contributed by atoms with Gasteiger partial charge in [-0.05, 0) is 25.7 Å². The summed E-state index contributed by atoms with van der Waals surface area (Å²) in [4.78, 5) is 0. The molecule has 0 bridgehead atoms. The fourth-order valence-corrected chi connectivity index (χ4v) is 3.00. The predicted octanol–water partition coefficient (Wildman–Crippen LogP) is 4.66. The first kappa shape index (κ1) is 24.8. The van der Waals surface area contributed by atoms with Crippen LogP contribution in [0.25, 0.3) is 0 Å². The summed E-state index contributed by atoms with van der Waals surface area (Å²) in [5.74, 6) is 0. The van der Waals surface area contributed by atoms with Crippen LogP contribution in [0.3, 0.4) is 0 Å². The highest BCUT2D eigenvalue weighted by Crippen LogP contribution is 2.30. The second kappa shape index (κ2) is 15.6. The zero-order chi connectivity index (χ0) is 19.9. The first-order chi connectivity index (χ1) is 13.2. The predicted molar refractivity (Wildman–Crippen MR) is 105 cm³/mol. The second-order valence-electron chi connectivity index (χ2n) is 7.17. The van der Waals surface area contributed by atoms with Crippen LogP contribution in [-0.4, -0.2) is 63.8 Å². The van der Waals surface area contributed by atoms with Gasteiger partial charge in [0.1, 0.15) is 24.4 Å². The molecule has 1 aliphatic heterocycles. The fraction of sp³-hybridized carbons (Fsp3) is 1.00. The van der Waals surface area contributed by atoms with Crippen molar-refractivity contribution in [1.82, 2.24) is 0 Å². The summed E-state index contributed by atoms with van der Waals surface area (Å²) in [6.07, 6.45) is 3.07. The van der Waals surface area contributed by atoms with Gasteiger partial charge in [-0.25, -0.2) is 4.39 Å². The molecule has 1 rings (SSSR count). The molecular formula is C21H41FO5. The van der Waals surface area contributed by atoms with Crippen LogP contribution >= 0.6 is 0 Å². The van der Waals surface area contributed by atoms with Crippen molar-refractivity contribution in [1.29, 1.82) is 0 Å². The molecule has 0 aliphatic carbocycles. The minimum atomic E-state index is -1.53. The molecule has 4 unspecified atom stereocenters. The van der Waals surface area contributed by atoms with E-state index in [1.54, 1.807) is 0 Å². The summed E-state index contributed by atoms with van der Waals surface area (Å²) in [5.41, 5.74) is 0. The smallest absolute Gasteiger partial charge is 0.228 e. The average molecular weight is 393 g/mol. The van der Waals surface area contributed by atoms with Crippen molar-refractivity contribution >= 4 is 0 Å². The van der Waals surface area contributed by atoms with E-state index in [9.17, 15) is 4.39 Å². The highest BCUT2D eigenvalue weighted by molar-refractivity contribution is 4.92. The standard InChI is InChI=1S/C21H41FO5/c1-5-9-13-24-18-17(16-23-12-8-4)27-21(22)20(26-15-11-7-3)19(18)25-14-10-6-2/h17-21H,5-16H2,1-4H3/t17?,18-,19?,20?,21?/m0/s1. The lowest BCUT2D eigenvalue weighted by Gasteiger charge is -2.43. The second-order valence-corrected chi connectivity index (χ2v) is 7.17. The van der Waals surface area contributed by atoms with Gasteiger partial charge in [0.25, 0.3) is 0 Å². The molecule has 0 N–H and O–H groups in total. The molecule has 0 aromatic carbocycles. The molecule has 1 heterocycles. The highest BCUT2D eigenvalue weighted by Gasteiger charge is 2.48. The van der Waals surface area contributed by atoms with Gasteiger partial charge in [-0.1, -0.05) is 47.0 Å². The Morgan fingerprint density at radius 2 is 1.19 bits per heavy atom. The zero-order valence-corrected chi connectivity index (χ0v) is 17.8. The molecule has 0 spiro atoms. The van der Waals surface area contributed by atoms with Crippen LogP contribution in [0.4, 0.5) is 4.39 Å². The summed E-state index contributed by atoms with van der Waals surface area (Å²) >= 11 is 0. The quantitative estimate of drug-likeness (QED) is 0.357. The molecule has 1 fully saturated rings. The third-order valence-corrected chi connectivity index (χ3v) is 4.63. The van der Waals surface area contributed by atoms with Crippen molar-refractivity contribution in [3.63, 3.8) is 0 Å². The van der Waals surface area contributed by atoms with E-state index >= 15 is 0 Å². The molecule has 6 heteroatoms. The largest absolute Gasteiger partial charge is 0.379 e. The Morgan fingerprint density at radius 3 is 1.70 bits per heavy atom. The number of unbranched alkanes of at least 4 members (excludes halogenated alkanes) is 3. The average Bonchev–Trinajstić information content (AvgIpc) is 2.66. The van der Waals surface area contributed by atoms with E-state index in [-0.39, 0.29) is 6.10 Å². The van der Waals surface area contributed by atoms with Crippen LogP contribution in [0.1, 0.15) is 72.6 Å². The van der Waals surface area contributed by atoms with Gasteiger partial charge in [0.05, 0.1) is 6.61 Å². The summed E-state index contributed by atoms with van der Waals surface area (Å²) < 4.78 is 44.2. The Balaban J connectivity index is 2.86. The van der Waals surface area contributed by atoms with Crippen molar-refractivity contribution < 1.29 is 28.1 Å². The summed E-state index contributed by atoms with van der Waals surface area (Å²) in [6.45, 7) is 10.9. The van der Waals surface area contributed by atoms with E-state index in [1.807, 2.05) is 6.92 Å². The van der Waals surface area contributed by atoms with Gasteiger partial charge < -0.3 is 23.7 Å². The third-order valence-electron chi connectivity index (χ3n) is 4.63. The van der Waals surface area contributed by atoms with E-state index in [0.717, 1.165) is 44.9 Å². The van der Waals surface area contributed by atoms with Crippen LogP contribution in [0.5, 0.6) is 0 Å². The first-order valence-corrected chi connectivity index (χ1v) is 10.9. The van der Waals surface area contributed by atoms with Crippen molar-refractivity contribution in [2.45, 2.75) is 103 Å². The topological polar surface area (TPSA) is 46.2 Å². The van der Waals surface area contributed by atoms with E-state index < -0.39 is 24.7 Å². The minimum Gasteiger partial charge on any atom is -0.379 e. The zero-order valence-electron chi connectivity index (χ0n) is 17.8. The number of rotatable bonds is 16. The van der Waals surface area contributed by atoms with Crippen molar-refractivity contribution in [3.8, 4) is 0 Å². The van der Waals surface area contributed by atoms with Gasteiger partial charge in [-0.15, -0.1) is 0 Å². The molecule has 0 radical (unpaired) electrons. The third kappa shape index (κ3) is 9.18. The minimum absolute atomic E-state index is 0.306. The van der Waals surface area contributed by atoms with Crippen LogP contribution in [-0.2, 0) is 23.7 Å². The monoisotopic (exact) mass is 392 g/mol. The Morgan fingerprint density at radius 1 is 0.667 bits per heavy atom. The normalized spacial score (nSPS) is 28.6. The molecule has 0 aromatic heterocycles. The maximum Gasteiger partial charge on any atom is 0.228 e. The maximum atomic E-state index is 14.8. The van der Waals surface area contributed by atoms with Crippen molar-refractivity contribution in [3.05, 3.63) is 0 Å². The number of ether oxygens (including phenoxy) is 5. The van der Waals surface area contributed by atoms with E-state index in [2.05, 4.69) is 20.8 Å². The van der Waals surface area contributed by atoms with E-state index in [1.165, 1.54) is 0 Å². The Kier molecular flexibility index (Phi) is 14.3. The molecule has 0 saturated carbocycles. The molecule has 27 heavy (non-hydrogen) atoms. The Hall–Kier alpha value is -0.270. The fourth-order valence-electron chi connectivity index (χ4n) is 3.00. The van der Waals surface area contributed by atoms with Gasteiger partial charge in [0.2, 0.25) is 6.36 Å². The molecule has 0 aromatic rings. The van der Waals surface area contributed by atoms with Gasteiger partial charge in [-0.2, -0.15) is 0 Å². The van der Waals surface area contributed by atoms with Crippen LogP contribution in [0.2, 0.25) is 0 Å². The number of hydrogen-bond acceptors (Lipinski definition) is 5. The molecule has 162 valence electrons. The van der Waals surface area contributed by atoms with Crippen LogP contribution in [0.15, 0.2) is 0 Å². The molecule has 0 amide bonds. The Bertz CT molecular complexity index is 345. The molecular weight excluding hydrogens is 351 g/mol. The number of halogens is 1. The number of alkyl halides is 1. The van der Waals surface area contributed by atoms with Gasteiger partial charge in [0, 0.05) is 26.4 Å². The van der Waals surface area contributed by atoms with Gasteiger partial charge in [0.15, 0.2) is 0 Å². The maximum absolute atomic E-state index is 14.8. The van der Waals surface area contributed by atoms with Gasteiger partial charge >= 0.3 is 0 Å². The lowest BCUT2D eigenvalue weighted by molar-refractivity contribution is -0.293. The molecule has 1 saturated heterocycles. The lowest BCUT2D eigenvalue weighted by Crippen LogP contribution is -2.60. The Labute approximate surface area is 165 Å². The molecule has 1 aliphatic rings. The van der Waals surface area contributed by atoms with E-state index in [4.69, 9.17) is 23.7 Å². The lowest BCUT2D eigenvalue weighted by atomic mass is 9.98. The van der Waals surface area contributed by atoms with Crippen molar-refractivity contribution in [2.75, 3.05) is 33.0 Å². The van der Waals surface area contributed by atoms with Gasteiger partial charge in [-0.3, -0.25) is 0 Å². The summed E-state index contributed by atoms with van der Waals surface area (Å²) in [5, 5.41) is 0. The molecule has 5 nitrogen and oxygen atoms in total.